The molecule has 1 heterocycles. The lowest BCUT2D eigenvalue weighted by Gasteiger charge is -2.13. The lowest BCUT2D eigenvalue weighted by molar-refractivity contribution is -0.872. The molecular formula is C15H20NO3+. The Morgan fingerprint density at radius 3 is 2.53 bits per heavy atom. The fourth-order valence-electron chi connectivity index (χ4n) is 2.39. The molecule has 4 nitrogen and oxygen atoms in total. The van der Waals surface area contributed by atoms with Gasteiger partial charge in [0.1, 0.15) is 17.9 Å². The number of hydrogen-bond acceptors (Lipinski definition) is 3. The van der Waals surface area contributed by atoms with Crippen molar-refractivity contribution in [2.75, 3.05) is 14.1 Å². The van der Waals surface area contributed by atoms with Crippen LogP contribution >= 0.6 is 0 Å². The van der Waals surface area contributed by atoms with Gasteiger partial charge < -0.3 is 14.4 Å². The first kappa shape index (κ1) is 13.6. The topological polar surface area (TPSA) is 54.9 Å². The molecule has 0 aliphatic rings. The summed E-state index contributed by atoms with van der Waals surface area (Å²) in [5, 5.41) is 11.1. The van der Waals surface area contributed by atoms with Crippen LogP contribution in [0.25, 0.3) is 11.0 Å². The van der Waals surface area contributed by atoms with Crippen LogP contribution in [0.4, 0.5) is 0 Å². The summed E-state index contributed by atoms with van der Waals surface area (Å²) in [4.78, 5) is 12.8. The normalized spacial score (nSPS) is 11.4. The summed E-state index contributed by atoms with van der Waals surface area (Å²) in [5.74, 6) is 0.227. The summed E-state index contributed by atoms with van der Waals surface area (Å²) in [6, 6.07) is 3.47. The number of quaternary nitrogens is 1. The smallest absolute Gasteiger partial charge is 0.336 e. The van der Waals surface area contributed by atoms with Gasteiger partial charge in [0.15, 0.2) is 0 Å². The maximum absolute atomic E-state index is 11.5. The van der Waals surface area contributed by atoms with Crippen molar-refractivity contribution in [2.24, 2.45) is 0 Å². The van der Waals surface area contributed by atoms with Gasteiger partial charge >= 0.3 is 5.63 Å². The molecule has 2 N–H and O–H groups in total. The molecule has 0 aliphatic heterocycles. The van der Waals surface area contributed by atoms with Gasteiger partial charge in [0.2, 0.25) is 0 Å². The van der Waals surface area contributed by atoms with E-state index in [0.717, 1.165) is 29.5 Å². The van der Waals surface area contributed by atoms with Crippen LogP contribution in [0.3, 0.4) is 0 Å². The number of hydrogen-bond donors (Lipinski definition) is 2. The van der Waals surface area contributed by atoms with Crippen molar-refractivity contribution in [1.29, 1.82) is 0 Å². The Kier molecular flexibility index (Phi) is 3.62. The fourth-order valence-corrected chi connectivity index (χ4v) is 2.39. The minimum Gasteiger partial charge on any atom is -0.507 e. The minimum absolute atomic E-state index is 0.227. The second-order valence-electron chi connectivity index (χ2n) is 5.21. The molecule has 0 aliphatic carbocycles. The van der Waals surface area contributed by atoms with Crippen molar-refractivity contribution in [3.8, 4) is 5.75 Å². The Hall–Kier alpha value is -1.81. The van der Waals surface area contributed by atoms with Gasteiger partial charge in [-0.2, -0.15) is 0 Å². The Balaban J connectivity index is 2.80. The molecule has 102 valence electrons. The molecule has 0 atom stereocenters. The predicted octanol–water partition coefficient (Wildman–Crippen LogP) is 1.01. The highest BCUT2D eigenvalue weighted by Crippen LogP contribution is 2.31. The number of nitrogens with one attached hydrogen (secondary N) is 1. The molecule has 0 fully saturated rings. The molecule has 2 aromatic rings. The van der Waals surface area contributed by atoms with E-state index in [2.05, 4.69) is 0 Å². The number of rotatable bonds is 3. The average Bonchev–Trinajstić information content (AvgIpc) is 2.35. The van der Waals surface area contributed by atoms with E-state index < -0.39 is 0 Å². The standard InChI is InChI=1S/C15H19NO3/c1-5-10-7-13(17)19-15-9(2)14(18)11(6-12(10)15)8-16(3)4/h6-7,18H,5,8H2,1-4H3/p+1. The molecule has 0 spiro atoms. The summed E-state index contributed by atoms with van der Waals surface area (Å²) in [6.45, 7) is 4.52. The highest BCUT2D eigenvalue weighted by atomic mass is 16.4. The van der Waals surface area contributed by atoms with Crippen molar-refractivity contribution in [2.45, 2.75) is 26.8 Å². The van der Waals surface area contributed by atoms with Crippen LogP contribution in [0.5, 0.6) is 5.75 Å². The van der Waals surface area contributed by atoms with Crippen LogP contribution in [-0.4, -0.2) is 19.2 Å². The van der Waals surface area contributed by atoms with Gasteiger partial charge in [0.25, 0.3) is 0 Å². The maximum Gasteiger partial charge on any atom is 0.336 e. The number of benzene rings is 1. The number of phenolic OH excluding ortho intramolecular Hbond substituents is 1. The lowest BCUT2D eigenvalue weighted by Crippen LogP contribution is -3.04. The zero-order valence-electron chi connectivity index (χ0n) is 11.8. The number of aromatic hydroxyl groups is 1. The molecule has 0 saturated heterocycles. The van der Waals surface area contributed by atoms with E-state index in [4.69, 9.17) is 4.42 Å². The van der Waals surface area contributed by atoms with Crippen molar-refractivity contribution >= 4 is 11.0 Å². The highest BCUT2D eigenvalue weighted by molar-refractivity contribution is 5.86. The number of phenols is 1. The first-order valence-corrected chi connectivity index (χ1v) is 6.51. The van der Waals surface area contributed by atoms with Gasteiger partial charge in [-0.3, -0.25) is 0 Å². The number of fused-ring (bicyclic) bond motifs is 1. The Morgan fingerprint density at radius 1 is 1.26 bits per heavy atom. The van der Waals surface area contributed by atoms with E-state index in [-0.39, 0.29) is 11.4 Å². The van der Waals surface area contributed by atoms with Gasteiger partial charge in [-0.05, 0) is 25.0 Å². The largest absolute Gasteiger partial charge is 0.507 e. The Labute approximate surface area is 112 Å². The van der Waals surface area contributed by atoms with Gasteiger partial charge in [0.05, 0.1) is 14.1 Å². The van der Waals surface area contributed by atoms with Gasteiger partial charge in [-0.1, -0.05) is 6.92 Å². The summed E-state index contributed by atoms with van der Waals surface area (Å²) in [6.07, 6.45) is 0.764. The lowest BCUT2D eigenvalue weighted by atomic mass is 10.0. The molecule has 0 bridgehead atoms. The molecule has 0 radical (unpaired) electrons. The van der Waals surface area contributed by atoms with Crippen LogP contribution in [0.1, 0.15) is 23.6 Å². The van der Waals surface area contributed by atoms with Crippen molar-refractivity contribution in [3.05, 3.63) is 39.2 Å². The van der Waals surface area contributed by atoms with Crippen LogP contribution in [-0.2, 0) is 13.0 Å². The molecule has 0 amide bonds. The van der Waals surface area contributed by atoms with Crippen molar-refractivity contribution in [3.63, 3.8) is 0 Å². The third-order valence-electron chi connectivity index (χ3n) is 3.33. The Morgan fingerprint density at radius 2 is 1.95 bits per heavy atom. The minimum atomic E-state index is -0.363. The monoisotopic (exact) mass is 262 g/mol. The van der Waals surface area contributed by atoms with E-state index in [1.54, 1.807) is 6.92 Å². The molecule has 1 aromatic heterocycles. The molecule has 19 heavy (non-hydrogen) atoms. The second-order valence-corrected chi connectivity index (χ2v) is 5.21. The van der Waals surface area contributed by atoms with Crippen LogP contribution in [0.15, 0.2) is 21.3 Å². The van der Waals surface area contributed by atoms with Crippen LogP contribution < -0.4 is 10.5 Å². The Bertz CT molecular complexity index is 671. The first-order valence-electron chi connectivity index (χ1n) is 6.51. The first-order chi connectivity index (χ1) is 8.93. The summed E-state index contributed by atoms with van der Waals surface area (Å²) in [7, 11) is 4.07. The quantitative estimate of drug-likeness (QED) is 0.812. The average molecular weight is 262 g/mol. The van der Waals surface area contributed by atoms with Crippen LogP contribution in [0, 0.1) is 6.92 Å². The summed E-state index contributed by atoms with van der Waals surface area (Å²) in [5.41, 5.74) is 2.62. The van der Waals surface area contributed by atoms with Gasteiger partial charge in [-0.15, -0.1) is 0 Å². The predicted molar refractivity (Wildman–Crippen MR) is 74.8 cm³/mol. The molecular weight excluding hydrogens is 242 g/mol. The SMILES string of the molecule is CCc1cc(=O)oc2c(C)c(O)c(C[NH+](C)C)cc12. The third-order valence-corrected chi connectivity index (χ3v) is 3.33. The van der Waals surface area contributed by atoms with E-state index in [1.807, 2.05) is 27.1 Å². The molecule has 4 heteroatoms. The van der Waals surface area contributed by atoms with E-state index in [9.17, 15) is 9.90 Å². The van der Waals surface area contributed by atoms with E-state index in [1.165, 1.54) is 11.0 Å². The number of aryl methyl sites for hydroxylation is 2. The maximum atomic E-state index is 11.5. The van der Waals surface area contributed by atoms with E-state index in [0.29, 0.717) is 11.1 Å². The summed E-state index contributed by atoms with van der Waals surface area (Å²) < 4.78 is 5.25. The zero-order chi connectivity index (χ0) is 14.2. The van der Waals surface area contributed by atoms with Crippen molar-refractivity contribution < 1.29 is 14.4 Å². The van der Waals surface area contributed by atoms with Gasteiger partial charge in [-0.25, -0.2) is 4.79 Å². The highest BCUT2D eigenvalue weighted by Gasteiger charge is 2.15. The second kappa shape index (κ2) is 5.05. The van der Waals surface area contributed by atoms with Crippen molar-refractivity contribution in [1.82, 2.24) is 0 Å². The van der Waals surface area contributed by atoms with Gasteiger partial charge in [0, 0.05) is 22.6 Å². The molecule has 0 unspecified atom stereocenters. The van der Waals surface area contributed by atoms with Crippen LogP contribution in [0.2, 0.25) is 0 Å². The fraction of sp³-hybridized carbons (Fsp3) is 0.400. The molecule has 1 aromatic carbocycles. The molecule has 2 rings (SSSR count). The van der Waals surface area contributed by atoms with E-state index >= 15 is 0 Å². The molecule has 0 saturated carbocycles. The third kappa shape index (κ3) is 2.49. The summed E-state index contributed by atoms with van der Waals surface area (Å²) >= 11 is 0. The zero-order valence-corrected chi connectivity index (χ0v) is 11.8.